The van der Waals surface area contributed by atoms with Crippen molar-refractivity contribution in [2.75, 3.05) is 0 Å². The van der Waals surface area contributed by atoms with Gasteiger partial charge in [-0.15, -0.1) is 0 Å². The summed E-state index contributed by atoms with van der Waals surface area (Å²) in [6, 6.07) is 1.71. The summed E-state index contributed by atoms with van der Waals surface area (Å²) in [4.78, 5) is 19.6. The summed E-state index contributed by atoms with van der Waals surface area (Å²) in [6.07, 6.45) is 5.24. The number of hydrogen-bond donors (Lipinski definition) is 1. The Balaban J connectivity index is 1.52. The molecule has 0 spiro atoms. The van der Waals surface area contributed by atoms with E-state index in [9.17, 15) is 18.0 Å². The number of carbonyl (C=O) groups is 1. The van der Waals surface area contributed by atoms with Gasteiger partial charge in [-0.05, 0) is 37.8 Å². The Morgan fingerprint density at radius 3 is 2.79 bits per heavy atom. The second-order valence-corrected chi connectivity index (χ2v) is 7.57. The van der Waals surface area contributed by atoms with E-state index >= 15 is 0 Å². The van der Waals surface area contributed by atoms with Gasteiger partial charge in [0.25, 0.3) is 0 Å². The maximum atomic E-state index is 12.8. The minimum absolute atomic E-state index is 0.0197. The van der Waals surface area contributed by atoms with Crippen LogP contribution in [0.2, 0.25) is 0 Å². The zero-order valence-electron chi connectivity index (χ0n) is 16.3. The minimum Gasteiger partial charge on any atom is -0.345 e. The molecule has 29 heavy (non-hydrogen) atoms. The number of nitrogens with zero attached hydrogens (tertiary/aromatic N) is 3. The van der Waals surface area contributed by atoms with E-state index in [4.69, 9.17) is 4.52 Å². The highest BCUT2D eigenvalue weighted by atomic mass is 19.4. The standard InChI is InChI=1S/C20H25F3N4O2/c1-13(25-17(28)9-5-8-14-6-3-2-4-7-14)19-26-18(27-29-19)15-10-11-24-16(12-15)20(21,22)23/h10-14H,2-9H2,1H3,(H,25,28)/t13-/m0/s1. The molecule has 158 valence electrons. The number of carbonyl (C=O) groups excluding carboxylic acids is 1. The Morgan fingerprint density at radius 2 is 2.07 bits per heavy atom. The molecule has 0 radical (unpaired) electrons. The lowest BCUT2D eigenvalue weighted by Crippen LogP contribution is -2.26. The highest BCUT2D eigenvalue weighted by molar-refractivity contribution is 5.76. The van der Waals surface area contributed by atoms with Crippen LogP contribution >= 0.6 is 0 Å². The molecule has 1 aliphatic carbocycles. The lowest BCUT2D eigenvalue weighted by molar-refractivity contribution is -0.141. The molecule has 0 unspecified atom stereocenters. The van der Waals surface area contributed by atoms with Gasteiger partial charge in [-0.1, -0.05) is 37.3 Å². The summed E-state index contributed by atoms with van der Waals surface area (Å²) in [5, 5.41) is 6.54. The SMILES string of the molecule is C[C@H](NC(=O)CCCC1CCCCC1)c1nc(-c2ccnc(C(F)(F)F)c2)no1. The quantitative estimate of drug-likeness (QED) is 0.689. The van der Waals surface area contributed by atoms with Gasteiger partial charge in [0.2, 0.25) is 17.6 Å². The lowest BCUT2D eigenvalue weighted by Gasteiger charge is -2.21. The molecule has 2 aromatic rings. The van der Waals surface area contributed by atoms with E-state index in [1.54, 1.807) is 6.92 Å². The van der Waals surface area contributed by atoms with Crippen molar-refractivity contribution in [3.8, 4) is 11.4 Å². The maximum Gasteiger partial charge on any atom is 0.433 e. The Morgan fingerprint density at radius 1 is 1.31 bits per heavy atom. The molecule has 1 fully saturated rings. The Hall–Kier alpha value is -2.45. The Bertz CT molecular complexity index is 816. The molecule has 1 saturated carbocycles. The van der Waals surface area contributed by atoms with Crippen molar-refractivity contribution in [1.82, 2.24) is 20.4 Å². The van der Waals surface area contributed by atoms with E-state index in [0.29, 0.717) is 6.42 Å². The van der Waals surface area contributed by atoms with Gasteiger partial charge in [0, 0.05) is 18.2 Å². The van der Waals surface area contributed by atoms with Crippen molar-refractivity contribution >= 4 is 5.91 Å². The van der Waals surface area contributed by atoms with Crippen molar-refractivity contribution in [3.63, 3.8) is 0 Å². The molecule has 1 atom stereocenters. The van der Waals surface area contributed by atoms with Crippen LogP contribution in [0.4, 0.5) is 13.2 Å². The largest absolute Gasteiger partial charge is 0.433 e. The topological polar surface area (TPSA) is 80.9 Å². The van der Waals surface area contributed by atoms with Gasteiger partial charge < -0.3 is 9.84 Å². The second kappa shape index (κ2) is 9.37. The first-order valence-corrected chi connectivity index (χ1v) is 9.99. The smallest absolute Gasteiger partial charge is 0.345 e. The van der Waals surface area contributed by atoms with Crippen LogP contribution in [0.5, 0.6) is 0 Å². The molecule has 2 aromatic heterocycles. The van der Waals surface area contributed by atoms with Crippen LogP contribution in [0.1, 0.15) is 75.9 Å². The molecule has 0 saturated heterocycles. The summed E-state index contributed by atoms with van der Waals surface area (Å²) in [5.41, 5.74) is -0.881. The first-order chi connectivity index (χ1) is 13.8. The van der Waals surface area contributed by atoms with Gasteiger partial charge >= 0.3 is 6.18 Å². The average Bonchev–Trinajstić information content (AvgIpc) is 3.19. The average molecular weight is 410 g/mol. The zero-order chi connectivity index (χ0) is 20.9. The molecular formula is C20H25F3N4O2. The van der Waals surface area contributed by atoms with Crippen LogP contribution in [0.3, 0.4) is 0 Å². The number of amides is 1. The van der Waals surface area contributed by atoms with Gasteiger partial charge in [-0.25, -0.2) is 0 Å². The fourth-order valence-electron chi connectivity index (χ4n) is 3.66. The molecule has 2 heterocycles. The van der Waals surface area contributed by atoms with Crippen molar-refractivity contribution in [2.45, 2.75) is 70.5 Å². The second-order valence-electron chi connectivity index (χ2n) is 7.57. The third-order valence-electron chi connectivity index (χ3n) is 5.24. The summed E-state index contributed by atoms with van der Waals surface area (Å²) in [7, 11) is 0. The van der Waals surface area contributed by atoms with Crippen molar-refractivity contribution < 1.29 is 22.5 Å². The number of pyridine rings is 1. The fourth-order valence-corrected chi connectivity index (χ4v) is 3.66. The normalized spacial score (nSPS) is 16.6. The molecule has 0 aromatic carbocycles. The van der Waals surface area contributed by atoms with E-state index in [1.165, 1.54) is 38.2 Å². The third-order valence-corrected chi connectivity index (χ3v) is 5.24. The number of halogens is 3. The molecule has 3 rings (SSSR count). The van der Waals surface area contributed by atoms with E-state index in [-0.39, 0.29) is 23.2 Å². The van der Waals surface area contributed by atoms with Crippen LogP contribution in [0.25, 0.3) is 11.4 Å². The predicted octanol–water partition coefficient (Wildman–Crippen LogP) is 5.08. The molecule has 0 bridgehead atoms. The molecule has 1 aliphatic rings. The summed E-state index contributed by atoms with van der Waals surface area (Å²) in [5.74, 6) is 0.794. The first kappa shape index (κ1) is 21.3. The fraction of sp³-hybridized carbons (Fsp3) is 0.600. The molecule has 1 N–H and O–H groups in total. The highest BCUT2D eigenvalue weighted by Crippen LogP contribution is 2.30. The van der Waals surface area contributed by atoms with Crippen molar-refractivity contribution in [1.29, 1.82) is 0 Å². The van der Waals surface area contributed by atoms with Crippen LogP contribution in [0, 0.1) is 5.92 Å². The van der Waals surface area contributed by atoms with E-state index in [0.717, 1.165) is 31.0 Å². The van der Waals surface area contributed by atoms with Crippen LogP contribution in [-0.4, -0.2) is 21.0 Å². The monoisotopic (exact) mass is 410 g/mol. The maximum absolute atomic E-state index is 12.8. The van der Waals surface area contributed by atoms with Crippen molar-refractivity contribution in [3.05, 3.63) is 29.9 Å². The van der Waals surface area contributed by atoms with E-state index < -0.39 is 17.9 Å². The third kappa shape index (κ3) is 6.01. The Kier molecular flexibility index (Phi) is 6.87. The van der Waals surface area contributed by atoms with Crippen LogP contribution in [-0.2, 0) is 11.0 Å². The van der Waals surface area contributed by atoms with Gasteiger partial charge in [0.05, 0.1) is 0 Å². The first-order valence-electron chi connectivity index (χ1n) is 9.99. The number of rotatable bonds is 7. The van der Waals surface area contributed by atoms with Gasteiger partial charge in [0.15, 0.2) is 0 Å². The number of aromatic nitrogens is 3. The van der Waals surface area contributed by atoms with E-state index in [2.05, 4.69) is 20.4 Å². The van der Waals surface area contributed by atoms with Gasteiger partial charge in [-0.2, -0.15) is 18.2 Å². The number of alkyl halides is 3. The highest BCUT2D eigenvalue weighted by Gasteiger charge is 2.33. The minimum atomic E-state index is -4.55. The molecule has 9 heteroatoms. The zero-order valence-corrected chi connectivity index (χ0v) is 16.3. The van der Waals surface area contributed by atoms with Crippen LogP contribution in [0.15, 0.2) is 22.9 Å². The van der Waals surface area contributed by atoms with Gasteiger partial charge in [-0.3, -0.25) is 9.78 Å². The number of hydrogen-bond acceptors (Lipinski definition) is 5. The summed E-state index contributed by atoms with van der Waals surface area (Å²) in [6.45, 7) is 1.70. The van der Waals surface area contributed by atoms with Crippen molar-refractivity contribution in [2.24, 2.45) is 5.92 Å². The van der Waals surface area contributed by atoms with Gasteiger partial charge in [0.1, 0.15) is 11.7 Å². The Labute approximate surface area is 167 Å². The summed E-state index contributed by atoms with van der Waals surface area (Å²) < 4.78 is 43.5. The van der Waals surface area contributed by atoms with Crippen LogP contribution < -0.4 is 5.32 Å². The molecule has 6 nitrogen and oxygen atoms in total. The summed E-state index contributed by atoms with van der Waals surface area (Å²) >= 11 is 0. The predicted molar refractivity (Wildman–Crippen MR) is 99.5 cm³/mol. The number of nitrogens with one attached hydrogen (secondary N) is 1. The van der Waals surface area contributed by atoms with E-state index in [1.807, 2.05) is 0 Å². The lowest BCUT2D eigenvalue weighted by atomic mass is 9.86. The molecule has 0 aliphatic heterocycles. The molecule has 1 amide bonds. The molecular weight excluding hydrogens is 385 g/mol.